The van der Waals surface area contributed by atoms with E-state index in [9.17, 15) is 4.79 Å². The third-order valence-electron chi connectivity index (χ3n) is 2.93. The second-order valence-electron chi connectivity index (χ2n) is 4.69. The first kappa shape index (κ1) is 15.1. The van der Waals surface area contributed by atoms with E-state index < -0.39 is 5.97 Å². The Morgan fingerprint density at radius 2 is 2.00 bits per heavy atom. The van der Waals surface area contributed by atoms with Crippen LogP contribution < -0.4 is 0 Å². The van der Waals surface area contributed by atoms with Crippen LogP contribution in [0.5, 0.6) is 0 Å². The van der Waals surface area contributed by atoms with Crippen LogP contribution in [0.25, 0.3) is 0 Å². The highest BCUT2D eigenvalue weighted by Crippen LogP contribution is 2.18. The number of unbranched alkanes of at least 4 members (excludes halogenated alkanes) is 2. The summed E-state index contributed by atoms with van der Waals surface area (Å²) in [5.41, 5.74) is 4.10. The lowest BCUT2D eigenvalue weighted by Gasteiger charge is -2.06. The van der Waals surface area contributed by atoms with Crippen molar-refractivity contribution in [2.45, 2.75) is 45.3 Å². The number of rotatable bonds is 8. The zero-order valence-corrected chi connectivity index (χ0v) is 12.1. The third-order valence-corrected chi connectivity index (χ3v) is 4.03. The molecule has 0 fully saturated rings. The molecule has 0 aliphatic rings. The molecule has 3 heteroatoms. The Morgan fingerprint density at radius 3 is 2.67 bits per heavy atom. The summed E-state index contributed by atoms with van der Waals surface area (Å²) in [7, 11) is 0. The standard InChI is InChI=1S/C15H22O2S/c1-12-7-8-14(13(2)10-12)11-18-9-5-3-4-6-15(16)17/h7-8,10H,3-6,9,11H2,1-2H3,(H,16,17). The van der Waals surface area contributed by atoms with E-state index in [-0.39, 0.29) is 0 Å². The number of hydrogen-bond donors (Lipinski definition) is 1. The van der Waals surface area contributed by atoms with Crippen molar-refractivity contribution in [3.05, 3.63) is 34.9 Å². The molecule has 100 valence electrons. The first-order valence-corrected chi connectivity index (χ1v) is 7.60. The molecule has 1 rings (SSSR count). The van der Waals surface area contributed by atoms with Crippen LogP contribution in [0.3, 0.4) is 0 Å². The van der Waals surface area contributed by atoms with E-state index in [2.05, 4.69) is 32.0 Å². The molecular weight excluding hydrogens is 244 g/mol. The van der Waals surface area contributed by atoms with Gasteiger partial charge in [0.25, 0.3) is 0 Å². The maximum Gasteiger partial charge on any atom is 0.303 e. The van der Waals surface area contributed by atoms with Gasteiger partial charge in [0.05, 0.1) is 0 Å². The Morgan fingerprint density at radius 1 is 1.22 bits per heavy atom. The molecule has 0 bridgehead atoms. The van der Waals surface area contributed by atoms with Crippen molar-refractivity contribution in [1.82, 2.24) is 0 Å². The van der Waals surface area contributed by atoms with Crippen LogP contribution in [0, 0.1) is 13.8 Å². The number of carboxylic acid groups (broad SMARTS) is 1. The van der Waals surface area contributed by atoms with Crippen LogP contribution in [-0.4, -0.2) is 16.8 Å². The average molecular weight is 266 g/mol. The van der Waals surface area contributed by atoms with E-state index in [1.807, 2.05) is 11.8 Å². The summed E-state index contributed by atoms with van der Waals surface area (Å²) < 4.78 is 0. The first-order valence-electron chi connectivity index (χ1n) is 6.45. The topological polar surface area (TPSA) is 37.3 Å². The van der Waals surface area contributed by atoms with Crippen molar-refractivity contribution < 1.29 is 9.90 Å². The molecule has 0 saturated carbocycles. The van der Waals surface area contributed by atoms with Gasteiger partial charge in [0.1, 0.15) is 0 Å². The van der Waals surface area contributed by atoms with Gasteiger partial charge >= 0.3 is 5.97 Å². The van der Waals surface area contributed by atoms with Gasteiger partial charge in [-0.15, -0.1) is 0 Å². The molecule has 0 unspecified atom stereocenters. The minimum absolute atomic E-state index is 0.307. The van der Waals surface area contributed by atoms with Crippen LogP contribution in [0.4, 0.5) is 0 Å². The third kappa shape index (κ3) is 6.10. The number of hydrogen-bond acceptors (Lipinski definition) is 2. The van der Waals surface area contributed by atoms with Crippen molar-refractivity contribution in [2.75, 3.05) is 5.75 Å². The monoisotopic (exact) mass is 266 g/mol. The Kier molecular flexibility index (Phi) is 6.88. The van der Waals surface area contributed by atoms with E-state index in [0.717, 1.165) is 30.8 Å². The van der Waals surface area contributed by atoms with Gasteiger partial charge in [0, 0.05) is 12.2 Å². The summed E-state index contributed by atoms with van der Waals surface area (Å²) in [4.78, 5) is 10.3. The van der Waals surface area contributed by atoms with E-state index in [0.29, 0.717) is 6.42 Å². The molecule has 0 aliphatic carbocycles. The van der Waals surface area contributed by atoms with Crippen LogP contribution >= 0.6 is 11.8 Å². The fourth-order valence-corrected chi connectivity index (χ4v) is 2.94. The van der Waals surface area contributed by atoms with Crippen molar-refractivity contribution >= 4 is 17.7 Å². The first-order chi connectivity index (χ1) is 8.59. The van der Waals surface area contributed by atoms with Gasteiger partial charge in [-0.1, -0.05) is 30.2 Å². The van der Waals surface area contributed by atoms with Gasteiger partial charge in [0.15, 0.2) is 0 Å². The van der Waals surface area contributed by atoms with Gasteiger partial charge in [-0.2, -0.15) is 11.8 Å². The molecule has 1 aromatic rings. The van der Waals surface area contributed by atoms with Crippen LogP contribution in [0.1, 0.15) is 42.4 Å². The summed E-state index contributed by atoms with van der Waals surface area (Å²) in [5.74, 6) is 1.50. The normalized spacial score (nSPS) is 10.6. The average Bonchev–Trinajstić information content (AvgIpc) is 2.30. The van der Waals surface area contributed by atoms with Gasteiger partial charge in [-0.05, 0) is 43.6 Å². The number of thioether (sulfide) groups is 1. The van der Waals surface area contributed by atoms with E-state index in [4.69, 9.17) is 5.11 Å². The molecule has 0 atom stereocenters. The quantitative estimate of drug-likeness (QED) is 0.717. The number of aryl methyl sites for hydroxylation is 2. The second-order valence-corrected chi connectivity index (χ2v) is 5.79. The maximum atomic E-state index is 10.3. The van der Waals surface area contributed by atoms with Crippen LogP contribution in [0.2, 0.25) is 0 Å². The highest BCUT2D eigenvalue weighted by molar-refractivity contribution is 7.98. The Hall–Kier alpha value is -0.960. The molecule has 0 aliphatic heterocycles. The zero-order valence-electron chi connectivity index (χ0n) is 11.2. The lowest BCUT2D eigenvalue weighted by molar-refractivity contribution is -0.137. The van der Waals surface area contributed by atoms with E-state index in [1.165, 1.54) is 16.7 Å². The van der Waals surface area contributed by atoms with Gasteiger partial charge in [0.2, 0.25) is 0 Å². The molecule has 2 nitrogen and oxygen atoms in total. The summed E-state index contributed by atoms with van der Waals surface area (Å²) in [6, 6.07) is 6.60. The molecule has 18 heavy (non-hydrogen) atoms. The Bertz CT molecular complexity index is 388. The Balaban J connectivity index is 2.12. The van der Waals surface area contributed by atoms with Crippen LogP contribution in [0.15, 0.2) is 18.2 Å². The van der Waals surface area contributed by atoms with Crippen molar-refractivity contribution in [2.24, 2.45) is 0 Å². The largest absolute Gasteiger partial charge is 0.481 e. The molecule has 1 aromatic carbocycles. The van der Waals surface area contributed by atoms with Crippen molar-refractivity contribution in [1.29, 1.82) is 0 Å². The lowest BCUT2D eigenvalue weighted by atomic mass is 10.1. The number of carbonyl (C=O) groups is 1. The predicted octanol–water partition coefficient (Wildman–Crippen LogP) is 4.18. The molecule has 0 aromatic heterocycles. The zero-order chi connectivity index (χ0) is 13.4. The maximum absolute atomic E-state index is 10.3. The predicted molar refractivity (Wildman–Crippen MR) is 78.2 cm³/mol. The molecule has 0 saturated heterocycles. The van der Waals surface area contributed by atoms with Crippen molar-refractivity contribution in [3.63, 3.8) is 0 Å². The molecule has 0 radical (unpaired) electrons. The van der Waals surface area contributed by atoms with Gasteiger partial charge in [-0.25, -0.2) is 0 Å². The van der Waals surface area contributed by atoms with Crippen molar-refractivity contribution in [3.8, 4) is 0 Å². The van der Waals surface area contributed by atoms with E-state index >= 15 is 0 Å². The summed E-state index contributed by atoms with van der Waals surface area (Å²) in [6.45, 7) is 4.28. The van der Waals surface area contributed by atoms with Gasteiger partial charge < -0.3 is 5.11 Å². The highest BCUT2D eigenvalue weighted by Gasteiger charge is 2.00. The summed E-state index contributed by atoms with van der Waals surface area (Å²) >= 11 is 1.94. The highest BCUT2D eigenvalue weighted by atomic mass is 32.2. The molecule has 0 heterocycles. The molecule has 0 spiro atoms. The number of carboxylic acids is 1. The summed E-state index contributed by atoms with van der Waals surface area (Å²) in [6.07, 6.45) is 3.25. The lowest BCUT2D eigenvalue weighted by Crippen LogP contribution is -1.94. The van der Waals surface area contributed by atoms with E-state index in [1.54, 1.807) is 0 Å². The fraction of sp³-hybridized carbons (Fsp3) is 0.533. The van der Waals surface area contributed by atoms with Crippen LogP contribution in [-0.2, 0) is 10.5 Å². The SMILES string of the molecule is Cc1ccc(CSCCCCCC(=O)O)c(C)c1. The smallest absolute Gasteiger partial charge is 0.303 e. The second kappa shape index (κ2) is 8.20. The summed E-state index contributed by atoms with van der Waals surface area (Å²) in [5, 5.41) is 8.51. The molecule has 0 amide bonds. The molecule has 1 N–H and O–H groups in total. The Labute approximate surface area is 114 Å². The number of benzene rings is 1. The number of aliphatic carboxylic acids is 1. The minimum atomic E-state index is -0.682. The minimum Gasteiger partial charge on any atom is -0.481 e. The molecular formula is C15H22O2S. The fourth-order valence-electron chi connectivity index (χ4n) is 1.85. The van der Waals surface area contributed by atoms with Gasteiger partial charge in [-0.3, -0.25) is 4.79 Å².